The Balaban J connectivity index is 0.00000242. The monoisotopic (exact) mass is 324 g/mol. The second-order valence-corrected chi connectivity index (χ2v) is 5.07. The Bertz CT molecular complexity index is 550. The van der Waals surface area contributed by atoms with Gasteiger partial charge in [0.25, 0.3) is 0 Å². The fourth-order valence-corrected chi connectivity index (χ4v) is 2.51. The molecular weight excluding hydrogens is 303 g/mol. The quantitative estimate of drug-likeness (QED) is 0.857. The van der Waals surface area contributed by atoms with Crippen molar-refractivity contribution < 1.29 is 9.50 Å². The highest BCUT2D eigenvalue weighted by Crippen LogP contribution is 2.28. The molecule has 5 heteroatoms. The van der Waals surface area contributed by atoms with Crippen LogP contribution in [0, 0.1) is 5.82 Å². The second kappa shape index (κ2) is 8.73. The van der Waals surface area contributed by atoms with E-state index in [1.54, 1.807) is 12.1 Å². The van der Waals surface area contributed by atoms with Gasteiger partial charge in [-0.15, -0.1) is 12.4 Å². The zero-order chi connectivity index (χ0) is 15.2. The predicted molar refractivity (Wildman–Crippen MR) is 91.2 cm³/mol. The van der Waals surface area contributed by atoms with Crippen LogP contribution in [-0.4, -0.2) is 31.9 Å². The fourth-order valence-electron chi connectivity index (χ4n) is 2.51. The molecule has 22 heavy (non-hydrogen) atoms. The lowest BCUT2D eigenvalue weighted by Crippen LogP contribution is -2.39. The summed E-state index contributed by atoms with van der Waals surface area (Å²) in [4.78, 5) is 1.97. The summed E-state index contributed by atoms with van der Waals surface area (Å²) in [5.74, 6) is -0.265. The third-order valence-electron chi connectivity index (χ3n) is 3.57. The average Bonchev–Trinajstić information content (AvgIpc) is 2.49. The molecule has 2 aromatic rings. The van der Waals surface area contributed by atoms with Crippen molar-refractivity contribution in [1.82, 2.24) is 5.32 Å². The molecular formula is C17H22ClFN2O. The van der Waals surface area contributed by atoms with Crippen LogP contribution in [0.1, 0.15) is 11.6 Å². The summed E-state index contributed by atoms with van der Waals surface area (Å²) < 4.78 is 13.1. The molecule has 2 N–H and O–H groups in total. The van der Waals surface area contributed by atoms with E-state index >= 15 is 0 Å². The summed E-state index contributed by atoms with van der Waals surface area (Å²) in [5, 5.41) is 13.5. The first-order valence-electron chi connectivity index (χ1n) is 6.99. The number of likely N-dealkylation sites (N-methyl/N-ethyl adjacent to an activating group) is 2. The predicted octanol–water partition coefficient (Wildman–Crippen LogP) is 3.01. The topological polar surface area (TPSA) is 35.5 Å². The number of anilines is 1. The van der Waals surface area contributed by atoms with Gasteiger partial charge in [0, 0.05) is 19.3 Å². The molecule has 0 saturated heterocycles. The molecule has 0 aromatic heterocycles. The maximum atomic E-state index is 13.1. The first kappa shape index (κ1) is 18.4. The highest BCUT2D eigenvalue weighted by atomic mass is 35.5. The molecule has 0 radical (unpaired) electrons. The van der Waals surface area contributed by atoms with E-state index in [0.29, 0.717) is 6.54 Å². The summed E-state index contributed by atoms with van der Waals surface area (Å²) in [6.45, 7) is 0.477. The zero-order valence-corrected chi connectivity index (χ0v) is 13.6. The van der Waals surface area contributed by atoms with Crippen LogP contribution >= 0.6 is 12.4 Å². The van der Waals surface area contributed by atoms with Gasteiger partial charge in [-0.1, -0.05) is 30.3 Å². The first-order valence-corrected chi connectivity index (χ1v) is 6.99. The number of nitrogens with zero attached hydrogens (tertiary/aromatic N) is 1. The molecule has 0 spiro atoms. The normalized spacial score (nSPS) is 13.1. The lowest BCUT2D eigenvalue weighted by Gasteiger charge is -2.34. The Hall–Kier alpha value is -1.62. The largest absolute Gasteiger partial charge is 0.389 e. The van der Waals surface area contributed by atoms with Crippen molar-refractivity contribution in [2.45, 2.75) is 12.1 Å². The molecule has 2 aromatic carbocycles. The Morgan fingerprint density at radius 1 is 1.09 bits per heavy atom. The summed E-state index contributed by atoms with van der Waals surface area (Å²) in [6.07, 6.45) is -0.576. The third-order valence-corrected chi connectivity index (χ3v) is 3.57. The highest BCUT2D eigenvalue weighted by molar-refractivity contribution is 5.85. The molecule has 0 aliphatic carbocycles. The number of aliphatic hydroxyl groups excluding tert-OH is 1. The van der Waals surface area contributed by atoms with Gasteiger partial charge in [-0.2, -0.15) is 0 Å². The summed E-state index contributed by atoms with van der Waals surface area (Å²) in [6, 6.07) is 15.9. The first-order chi connectivity index (χ1) is 10.1. The minimum Gasteiger partial charge on any atom is -0.389 e. The average molecular weight is 325 g/mol. The van der Waals surface area contributed by atoms with Crippen LogP contribution in [0.25, 0.3) is 0 Å². The molecule has 2 atom stereocenters. The number of hydrogen-bond donors (Lipinski definition) is 2. The van der Waals surface area contributed by atoms with Gasteiger partial charge in [0.15, 0.2) is 0 Å². The van der Waals surface area contributed by atoms with E-state index in [9.17, 15) is 9.50 Å². The number of halogens is 2. The van der Waals surface area contributed by atoms with Crippen molar-refractivity contribution in [1.29, 1.82) is 0 Å². The molecule has 120 valence electrons. The van der Waals surface area contributed by atoms with Crippen LogP contribution in [0.3, 0.4) is 0 Å². The molecule has 2 unspecified atom stereocenters. The lowest BCUT2D eigenvalue weighted by atomic mass is 9.99. The Kier molecular flexibility index (Phi) is 7.32. The molecule has 0 fully saturated rings. The van der Waals surface area contributed by atoms with E-state index in [1.807, 2.05) is 49.3 Å². The zero-order valence-electron chi connectivity index (χ0n) is 12.7. The van der Waals surface area contributed by atoms with Crippen LogP contribution < -0.4 is 10.2 Å². The minimum atomic E-state index is -0.576. The number of benzene rings is 2. The van der Waals surface area contributed by atoms with Crippen LogP contribution in [0.5, 0.6) is 0 Å². The Labute approximate surface area is 137 Å². The lowest BCUT2D eigenvalue weighted by molar-refractivity contribution is 0.142. The standard InChI is InChI=1S/C17H21FN2O.ClH/c1-19-12-16(21)17(13-6-4-3-5-7-13)20(2)15-10-8-14(18)9-11-15;/h3-11,16-17,19,21H,12H2,1-2H3;1H. The molecule has 0 aliphatic rings. The number of hydrogen-bond acceptors (Lipinski definition) is 3. The van der Waals surface area contributed by atoms with E-state index in [1.165, 1.54) is 12.1 Å². The van der Waals surface area contributed by atoms with E-state index in [0.717, 1.165) is 11.3 Å². The maximum Gasteiger partial charge on any atom is 0.123 e. The number of aliphatic hydroxyl groups is 1. The van der Waals surface area contributed by atoms with Gasteiger partial charge in [-0.05, 0) is 36.9 Å². The number of nitrogens with one attached hydrogen (secondary N) is 1. The molecule has 3 nitrogen and oxygen atoms in total. The SMILES string of the molecule is CNCC(O)C(c1ccccc1)N(C)c1ccc(F)cc1.Cl. The maximum absolute atomic E-state index is 13.1. The summed E-state index contributed by atoms with van der Waals surface area (Å²) in [5.41, 5.74) is 1.88. The van der Waals surface area contributed by atoms with Gasteiger partial charge in [0.05, 0.1) is 12.1 Å². The molecule has 0 bridgehead atoms. The van der Waals surface area contributed by atoms with E-state index in [4.69, 9.17) is 0 Å². The van der Waals surface area contributed by atoms with Crippen LogP contribution in [0.2, 0.25) is 0 Å². The van der Waals surface area contributed by atoms with Crippen LogP contribution in [0.4, 0.5) is 10.1 Å². The van der Waals surface area contributed by atoms with Crippen molar-refractivity contribution in [2.75, 3.05) is 25.5 Å². The van der Waals surface area contributed by atoms with Crippen molar-refractivity contribution in [2.24, 2.45) is 0 Å². The smallest absolute Gasteiger partial charge is 0.123 e. The van der Waals surface area contributed by atoms with Crippen molar-refractivity contribution >= 4 is 18.1 Å². The van der Waals surface area contributed by atoms with Crippen molar-refractivity contribution in [3.05, 3.63) is 66.0 Å². The van der Waals surface area contributed by atoms with E-state index in [2.05, 4.69) is 5.32 Å². The van der Waals surface area contributed by atoms with Crippen molar-refractivity contribution in [3.8, 4) is 0 Å². The fraction of sp³-hybridized carbons (Fsp3) is 0.294. The molecule has 0 amide bonds. The van der Waals surface area contributed by atoms with Gasteiger partial charge >= 0.3 is 0 Å². The molecule has 0 saturated carbocycles. The van der Waals surface area contributed by atoms with Gasteiger partial charge in [0.1, 0.15) is 5.82 Å². The third kappa shape index (κ3) is 4.44. The Morgan fingerprint density at radius 2 is 1.68 bits per heavy atom. The molecule has 0 heterocycles. The minimum absolute atomic E-state index is 0. The Morgan fingerprint density at radius 3 is 2.23 bits per heavy atom. The van der Waals surface area contributed by atoms with E-state index in [-0.39, 0.29) is 24.3 Å². The molecule has 0 aliphatic heterocycles. The van der Waals surface area contributed by atoms with Gasteiger partial charge in [0.2, 0.25) is 0 Å². The summed E-state index contributed by atoms with van der Waals surface area (Å²) in [7, 11) is 3.72. The van der Waals surface area contributed by atoms with Crippen LogP contribution in [-0.2, 0) is 0 Å². The van der Waals surface area contributed by atoms with E-state index < -0.39 is 6.10 Å². The summed E-state index contributed by atoms with van der Waals surface area (Å²) >= 11 is 0. The van der Waals surface area contributed by atoms with Gasteiger partial charge in [-0.25, -0.2) is 4.39 Å². The molecule has 2 rings (SSSR count). The van der Waals surface area contributed by atoms with Gasteiger partial charge < -0.3 is 15.3 Å². The number of rotatable bonds is 6. The second-order valence-electron chi connectivity index (χ2n) is 5.07. The van der Waals surface area contributed by atoms with Gasteiger partial charge in [-0.3, -0.25) is 0 Å². The van der Waals surface area contributed by atoms with Crippen LogP contribution in [0.15, 0.2) is 54.6 Å². The van der Waals surface area contributed by atoms with Crippen molar-refractivity contribution in [3.63, 3.8) is 0 Å². The highest BCUT2D eigenvalue weighted by Gasteiger charge is 2.25.